The van der Waals surface area contributed by atoms with Gasteiger partial charge < -0.3 is 10.0 Å². The van der Waals surface area contributed by atoms with Crippen LogP contribution < -0.4 is 4.90 Å². The molecule has 0 unspecified atom stereocenters. The van der Waals surface area contributed by atoms with E-state index in [-0.39, 0.29) is 19.0 Å². The zero-order valence-corrected chi connectivity index (χ0v) is 9.04. The Balaban J connectivity index is 3.18. The monoisotopic (exact) mass is 234 g/mol. The van der Waals surface area contributed by atoms with Crippen molar-refractivity contribution >= 4 is 5.82 Å². The van der Waals surface area contributed by atoms with E-state index in [1.165, 1.54) is 18.1 Å². The van der Waals surface area contributed by atoms with E-state index in [0.29, 0.717) is 5.56 Å². The van der Waals surface area contributed by atoms with Gasteiger partial charge in [-0.15, -0.1) is 0 Å². The summed E-state index contributed by atoms with van der Waals surface area (Å²) < 4.78 is 38.1. The number of pyridine rings is 1. The van der Waals surface area contributed by atoms with E-state index in [9.17, 15) is 13.2 Å². The van der Waals surface area contributed by atoms with Gasteiger partial charge in [0.05, 0.1) is 12.2 Å². The number of aryl methyl sites for hydroxylation is 1. The molecule has 0 amide bonds. The molecule has 0 aliphatic carbocycles. The molecule has 1 N–H and O–H groups in total. The molecule has 0 bridgehead atoms. The molecule has 0 aromatic carbocycles. The largest absolute Gasteiger partial charge is 0.419 e. The number of hydrogen-bond donors (Lipinski definition) is 1. The van der Waals surface area contributed by atoms with Crippen LogP contribution in [0.3, 0.4) is 0 Å². The van der Waals surface area contributed by atoms with E-state index in [2.05, 4.69) is 4.98 Å². The quantitative estimate of drug-likeness (QED) is 0.866. The summed E-state index contributed by atoms with van der Waals surface area (Å²) in [5.41, 5.74) is -0.322. The molecule has 1 rings (SSSR count). The number of aliphatic hydroxyl groups is 1. The number of halogens is 3. The van der Waals surface area contributed by atoms with Crippen molar-refractivity contribution in [3.05, 3.63) is 23.4 Å². The van der Waals surface area contributed by atoms with Crippen molar-refractivity contribution in [2.24, 2.45) is 0 Å². The van der Waals surface area contributed by atoms with E-state index in [0.717, 1.165) is 6.07 Å². The average Bonchev–Trinajstić information content (AvgIpc) is 2.16. The molecule has 1 aromatic rings. The fraction of sp³-hybridized carbons (Fsp3) is 0.500. The van der Waals surface area contributed by atoms with Crippen molar-refractivity contribution in [3.8, 4) is 0 Å². The third-order valence-corrected chi connectivity index (χ3v) is 2.11. The first-order valence-electron chi connectivity index (χ1n) is 4.72. The summed E-state index contributed by atoms with van der Waals surface area (Å²) in [7, 11) is 1.46. The molecule has 16 heavy (non-hydrogen) atoms. The van der Waals surface area contributed by atoms with Crippen LogP contribution in [-0.2, 0) is 6.18 Å². The lowest BCUT2D eigenvalue weighted by Crippen LogP contribution is -2.25. The smallest absolute Gasteiger partial charge is 0.395 e. The molecular formula is C10H13F3N2O. The van der Waals surface area contributed by atoms with Crippen LogP contribution in [0.2, 0.25) is 0 Å². The summed E-state index contributed by atoms with van der Waals surface area (Å²) in [5, 5.41) is 8.70. The highest BCUT2D eigenvalue weighted by molar-refractivity contribution is 5.49. The Morgan fingerprint density at radius 3 is 2.56 bits per heavy atom. The van der Waals surface area contributed by atoms with Gasteiger partial charge in [0.2, 0.25) is 0 Å². The summed E-state index contributed by atoms with van der Waals surface area (Å²) in [6.45, 7) is 1.44. The fourth-order valence-corrected chi connectivity index (χ4v) is 1.33. The third kappa shape index (κ3) is 2.85. The predicted octanol–water partition coefficient (Wildman–Crippen LogP) is 1.84. The Labute approximate surface area is 91.5 Å². The summed E-state index contributed by atoms with van der Waals surface area (Å²) >= 11 is 0. The standard InChI is InChI=1S/C10H13F3N2O/c1-7-5-8(10(11,12)13)9(14-6-7)15(2)3-4-16/h5-6,16H,3-4H2,1-2H3. The topological polar surface area (TPSA) is 36.4 Å². The minimum absolute atomic E-state index is 0.110. The molecule has 0 saturated carbocycles. The maximum Gasteiger partial charge on any atom is 0.419 e. The second kappa shape index (κ2) is 4.69. The first-order valence-corrected chi connectivity index (χ1v) is 4.72. The number of anilines is 1. The molecule has 1 heterocycles. The van der Waals surface area contributed by atoms with Crippen LogP contribution in [0.5, 0.6) is 0 Å². The normalized spacial score (nSPS) is 11.6. The van der Waals surface area contributed by atoms with Crippen molar-refractivity contribution in [1.82, 2.24) is 4.98 Å². The van der Waals surface area contributed by atoms with Gasteiger partial charge in [-0.05, 0) is 18.6 Å². The SMILES string of the molecule is Cc1cnc(N(C)CCO)c(C(F)(F)F)c1. The maximum absolute atomic E-state index is 12.7. The Hall–Kier alpha value is -1.30. The van der Waals surface area contributed by atoms with E-state index in [4.69, 9.17) is 5.11 Å². The zero-order valence-electron chi connectivity index (χ0n) is 9.04. The zero-order chi connectivity index (χ0) is 12.3. The van der Waals surface area contributed by atoms with Crippen LogP contribution in [0.25, 0.3) is 0 Å². The number of nitrogens with zero attached hydrogens (tertiary/aromatic N) is 2. The Bertz CT molecular complexity index is 366. The first kappa shape index (κ1) is 12.8. The molecule has 90 valence electrons. The highest BCUT2D eigenvalue weighted by atomic mass is 19.4. The number of aromatic nitrogens is 1. The van der Waals surface area contributed by atoms with E-state index < -0.39 is 11.7 Å². The Morgan fingerprint density at radius 2 is 2.06 bits per heavy atom. The molecule has 3 nitrogen and oxygen atoms in total. The second-order valence-corrected chi connectivity index (χ2v) is 3.53. The number of aliphatic hydroxyl groups excluding tert-OH is 1. The third-order valence-electron chi connectivity index (χ3n) is 2.11. The van der Waals surface area contributed by atoms with Crippen LogP contribution in [0.4, 0.5) is 19.0 Å². The lowest BCUT2D eigenvalue weighted by molar-refractivity contribution is -0.137. The average molecular weight is 234 g/mol. The van der Waals surface area contributed by atoms with Crippen molar-refractivity contribution < 1.29 is 18.3 Å². The van der Waals surface area contributed by atoms with Crippen molar-refractivity contribution in [2.75, 3.05) is 25.1 Å². The highest BCUT2D eigenvalue weighted by Crippen LogP contribution is 2.35. The Morgan fingerprint density at radius 1 is 1.44 bits per heavy atom. The fourth-order valence-electron chi connectivity index (χ4n) is 1.33. The minimum atomic E-state index is -4.43. The van der Waals surface area contributed by atoms with Gasteiger partial charge in [0.1, 0.15) is 5.82 Å². The van der Waals surface area contributed by atoms with Crippen LogP contribution in [0.15, 0.2) is 12.3 Å². The van der Waals surface area contributed by atoms with Crippen molar-refractivity contribution in [3.63, 3.8) is 0 Å². The molecule has 1 aromatic heterocycles. The molecule has 0 saturated heterocycles. The van der Waals surface area contributed by atoms with E-state index >= 15 is 0 Å². The second-order valence-electron chi connectivity index (χ2n) is 3.53. The van der Waals surface area contributed by atoms with Gasteiger partial charge in [-0.25, -0.2) is 4.98 Å². The molecule has 0 radical (unpaired) electrons. The predicted molar refractivity (Wildman–Crippen MR) is 54.3 cm³/mol. The lowest BCUT2D eigenvalue weighted by Gasteiger charge is -2.21. The van der Waals surface area contributed by atoms with Crippen LogP contribution in [0.1, 0.15) is 11.1 Å². The van der Waals surface area contributed by atoms with Gasteiger partial charge in [-0.3, -0.25) is 0 Å². The number of rotatable bonds is 3. The van der Waals surface area contributed by atoms with Crippen LogP contribution in [-0.4, -0.2) is 30.3 Å². The first-order chi connectivity index (χ1) is 7.36. The maximum atomic E-state index is 12.7. The number of hydrogen-bond acceptors (Lipinski definition) is 3. The van der Waals surface area contributed by atoms with Gasteiger partial charge in [0, 0.05) is 19.8 Å². The number of likely N-dealkylation sites (N-methyl/N-ethyl adjacent to an activating group) is 1. The number of alkyl halides is 3. The van der Waals surface area contributed by atoms with E-state index in [1.54, 1.807) is 6.92 Å². The summed E-state index contributed by atoms with van der Waals surface area (Å²) in [6.07, 6.45) is -3.06. The van der Waals surface area contributed by atoms with E-state index in [1.807, 2.05) is 0 Å². The molecule has 0 aliphatic rings. The molecular weight excluding hydrogens is 221 g/mol. The Kier molecular flexibility index (Phi) is 3.74. The summed E-state index contributed by atoms with van der Waals surface area (Å²) in [4.78, 5) is 5.04. The van der Waals surface area contributed by atoms with Gasteiger partial charge in [0.25, 0.3) is 0 Å². The van der Waals surface area contributed by atoms with Gasteiger partial charge >= 0.3 is 6.18 Å². The van der Waals surface area contributed by atoms with Gasteiger partial charge in [-0.1, -0.05) is 0 Å². The molecule has 0 fully saturated rings. The van der Waals surface area contributed by atoms with Crippen molar-refractivity contribution in [2.45, 2.75) is 13.1 Å². The van der Waals surface area contributed by atoms with Gasteiger partial charge in [-0.2, -0.15) is 13.2 Å². The minimum Gasteiger partial charge on any atom is -0.395 e. The molecule has 0 atom stereocenters. The van der Waals surface area contributed by atoms with Crippen LogP contribution >= 0.6 is 0 Å². The van der Waals surface area contributed by atoms with Gasteiger partial charge in [0.15, 0.2) is 0 Å². The molecule has 0 aliphatic heterocycles. The summed E-state index contributed by atoms with van der Waals surface area (Å²) in [6, 6.07) is 1.05. The van der Waals surface area contributed by atoms with Crippen molar-refractivity contribution in [1.29, 1.82) is 0 Å². The summed E-state index contributed by atoms with van der Waals surface area (Å²) in [5.74, 6) is -0.160. The van der Waals surface area contributed by atoms with Crippen LogP contribution in [0, 0.1) is 6.92 Å². The highest BCUT2D eigenvalue weighted by Gasteiger charge is 2.35. The molecule has 0 spiro atoms. The molecule has 6 heteroatoms. The lowest BCUT2D eigenvalue weighted by atomic mass is 10.2.